The standard InChI is InChI=1S/C15H6BrCl2F4N3S/c16-7-1-2-11(19)8(5-7)13-24-25(14(23)26-13)12-9(17)3-6(4-10(12)18)15(20,21)22/h1-5,23H. The lowest BCUT2D eigenvalue weighted by Crippen LogP contribution is -2.14. The molecule has 1 N–H and O–H groups in total. The van der Waals surface area contributed by atoms with E-state index in [4.69, 9.17) is 28.6 Å². The summed E-state index contributed by atoms with van der Waals surface area (Å²) < 4.78 is 54.2. The first-order valence-electron chi connectivity index (χ1n) is 6.74. The number of nitrogens with zero attached hydrogens (tertiary/aromatic N) is 2. The van der Waals surface area contributed by atoms with E-state index in [0.29, 0.717) is 16.6 Å². The van der Waals surface area contributed by atoms with E-state index in [1.165, 1.54) is 18.2 Å². The Labute approximate surface area is 166 Å². The normalized spacial score (nSPS) is 11.8. The van der Waals surface area contributed by atoms with Gasteiger partial charge >= 0.3 is 6.18 Å². The van der Waals surface area contributed by atoms with E-state index in [-0.39, 0.29) is 31.1 Å². The number of halogens is 7. The van der Waals surface area contributed by atoms with Gasteiger partial charge in [-0.15, -0.1) is 0 Å². The highest BCUT2D eigenvalue weighted by molar-refractivity contribution is 9.10. The molecule has 0 aliphatic heterocycles. The minimum absolute atomic E-state index is 0.0794. The molecule has 0 radical (unpaired) electrons. The topological polar surface area (TPSA) is 41.7 Å². The Kier molecular flexibility index (Phi) is 5.17. The fraction of sp³-hybridized carbons (Fsp3) is 0.0667. The first kappa shape index (κ1) is 19.3. The first-order valence-corrected chi connectivity index (χ1v) is 9.11. The summed E-state index contributed by atoms with van der Waals surface area (Å²) in [5.41, 5.74) is -0.961. The van der Waals surface area contributed by atoms with Crippen LogP contribution in [0.5, 0.6) is 0 Å². The van der Waals surface area contributed by atoms with E-state index in [1.807, 2.05) is 0 Å². The lowest BCUT2D eigenvalue weighted by atomic mass is 10.2. The molecule has 0 fully saturated rings. The summed E-state index contributed by atoms with van der Waals surface area (Å²) in [6.07, 6.45) is -4.62. The summed E-state index contributed by atoms with van der Waals surface area (Å²) in [5, 5.41) is 11.6. The maximum atomic E-state index is 14.0. The summed E-state index contributed by atoms with van der Waals surface area (Å²) in [6, 6.07) is 5.62. The van der Waals surface area contributed by atoms with Crippen molar-refractivity contribution in [2.45, 2.75) is 6.18 Å². The van der Waals surface area contributed by atoms with Crippen molar-refractivity contribution in [2.24, 2.45) is 0 Å². The van der Waals surface area contributed by atoms with E-state index < -0.39 is 17.6 Å². The van der Waals surface area contributed by atoms with Crippen LogP contribution in [0.1, 0.15) is 5.56 Å². The van der Waals surface area contributed by atoms with E-state index in [2.05, 4.69) is 21.0 Å². The van der Waals surface area contributed by atoms with Gasteiger partial charge in [0.15, 0.2) is 5.01 Å². The van der Waals surface area contributed by atoms with Gasteiger partial charge in [-0.2, -0.15) is 18.3 Å². The third-order valence-corrected chi connectivity index (χ3v) is 5.22. The maximum Gasteiger partial charge on any atom is 0.416 e. The molecule has 0 atom stereocenters. The van der Waals surface area contributed by atoms with Crippen molar-refractivity contribution in [1.82, 2.24) is 9.78 Å². The van der Waals surface area contributed by atoms with Crippen LogP contribution >= 0.6 is 50.5 Å². The Morgan fingerprint density at radius 2 is 1.73 bits per heavy atom. The number of hydrogen-bond donors (Lipinski definition) is 1. The zero-order valence-corrected chi connectivity index (χ0v) is 16.2. The number of aromatic nitrogens is 2. The van der Waals surface area contributed by atoms with Gasteiger partial charge in [-0.05, 0) is 30.3 Å². The molecule has 26 heavy (non-hydrogen) atoms. The number of rotatable bonds is 2. The van der Waals surface area contributed by atoms with Gasteiger partial charge in [0, 0.05) is 10.0 Å². The van der Waals surface area contributed by atoms with Crippen molar-refractivity contribution in [3.05, 3.63) is 61.0 Å². The number of benzene rings is 2. The molecule has 0 aliphatic carbocycles. The van der Waals surface area contributed by atoms with Crippen molar-refractivity contribution in [1.29, 1.82) is 5.41 Å². The Hall–Kier alpha value is -1.42. The largest absolute Gasteiger partial charge is 0.416 e. The molecule has 0 unspecified atom stereocenters. The minimum atomic E-state index is -4.62. The molecule has 11 heteroatoms. The predicted octanol–water partition coefficient (Wildman–Crippen LogP) is 6.31. The average Bonchev–Trinajstić information content (AvgIpc) is 2.90. The van der Waals surface area contributed by atoms with Gasteiger partial charge in [0.2, 0.25) is 4.80 Å². The van der Waals surface area contributed by atoms with Gasteiger partial charge in [-0.3, -0.25) is 5.41 Å². The van der Waals surface area contributed by atoms with Gasteiger partial charge in [0.25, 0.3) is 0 Å². The summed E-state index contributed by atoms with van der Waals surface area (Å²) >= 11 is 16.0. The molecule has 1 aromatic heterocycles. The summed E-state index contributed by atoms with van der Waals surface area (Å²) in [7, 11) is 0. The molecule has 0 saturated carbocycles. The zero-order valence-electron chi connectivity index (χ0n) is 12.3. The second-order valence-electron chi connectivity index (χ2n) is 5.03. The molecule has 0 spiro atoms. The SMILES string of the molecule is N=c1sc(-c2cc(Br)ccc2F)nn1-c1c(Cl)cc(C(F)(F)F)cc1Cl. The third kappa shape index (κ3) is 3.66. The van der Waals surface area contributed by atoms with Gasteiger partial charge in [-0.25, -0.2) is 9.07 Å². The van der Waals surface area contributed by atoms with Crippen molar-refractivity contribution in [3.63, 3.8) is 0 Å². The van der Waals surface area contributed by atoms with Crippen LogP contribution in [0.4, 0.5) is 17.6 Å². The fourth-order valence-electron chi connectivity index (χ4n) is 2.14. The second kappa shape index (κ2) is 6.95. The number of nitrogens with one attached hydrogen (secondary N) is 1. The van der Waals surface area contributed by atoms with Crippen LogP contribution in [0.2, 0.25) is 10.0 Å². The van der Waals surface area contributed by atoms with Crippen molar-refractivity contribution < 1.29 is 17.6 Å². The Bertz CT molecular complexity index is 1040. The van der Waals surface area contributed by atoms with Crippen LogP contribution in [-0.2, 0) is 6.18 Å². The van der Waals surface area contributed by atoms with Crippen LogP contribution in [0.3, 0.4) is 0 Å². The maximum absolute atomic E-state index is 14.0. The molecule has 0 amide bonds. The average molecular weight is 487 g/mol. The molecular formula is C15H6BrCl2F4N3S. The molecule has 0 bridgehead atoms. The highest BCUT2D eigenvalue weighted by atomic mass is 79.9. The first-order chi connectivity index (χ1) is 12.1. The molecule has 136 valence electrons. The molecule has 3 nitrogen and oxygen atoms in total. The fourth-order valence-corrected chi connectivity index (χ4v) is 3.94. The van der Waals surface area contributed by atoms with Crippen LogP contribution in [-0.4, -0.2) is 9.78 Å². The van der Waals surface area contributed by atoms with Crippen LogP contribution < -0.4 is 4.80 Å². The molecule has 1 heterocycles. The monoisotopic (exact) mass is 485 g/mol. The lowest BCUT2D eigenvalue weighted by molar-refractivity contribution is -0.137. The predicted molar refractivity (Wildman–Crippen MR) is 95.4 cm³/mol. The molecule has 0 aliphatic rings. The van der Waals surface area contributed by atoms with Crippen molar-refractivity contribution >= 4 is 50.5 Å². The van der Waals surface area contributed by atoms with E-state index in [9.17, 15) is 17.6 Å². The summed E-state index contributed by atoms with van der Waals surface area (Å²) in [4.78, 5) is -0.178. The zero-order chi connectivity index (χ0) is 19.2. The van der Waals surface area contributed by atoms with E-state index in [0.717, 1.165) is 16.0 Å². The quantitative estimate of drug-likeness (QED) is 0.424. The highest BCUT2D eigenvalue weighted by Gasteiger charge is 2.32. The van der Waals surface area contributed by atoms with Crippen LogP contribution in [0, 0.1) is 11.2 Å². The lowest BCUT2D eigenvalue weighted by Gasteiger charge is -2.12. The van der Waals surface area contributed by atoms with Gasteiger partial charge in [-0.1, -0.05) is 50.5 Å². The molecule has 3 rings (SSSR count). The van der Waals surface area contributed by atoms with Gasteiger partial charge in [0.05, 0.1) is 15.6 Å². The summed E-state index contributed by atoms with van der Waals surface area (Å²) in [6.45, 7) is 0. The smallest absolute Gasteiger partial charge is 0.273 e. The Balaban J connectivity index is 2.17. The molecule has 0 saturated heterocycles. The molecule has 2 aromatic carbocycles. The van der Waals surface area contributed by atoms with E-state index >= 15 is 0 Å². The van der Waals surface area contributed by atoms with Gasteiger partial charge < -0.3 is 0 Å². The van der Waals surface area contributed by atoms with Crippen molar-refractivity contribution in [3.8, 4) is 16.3 Å². The van der Waals surface area contributed by atoms with Crippen molar-refractivity contribution in [2.75, 3.05) is 0 Å². The summed E-state index contributed by atoms with van der Waals surface area (Å²) in [5.74, 6) is -0.557. The molecular weight excluding hydrogens is 481 g/mol. The highest BCUT2D eigenvalue weighted by Crippen LogP contribution is 2.37. The Morgan fingerprint density at radius 3 is 2.31 bits per heavy atom. The minimum Gasteiger partial charge on any atom is -0.273 e. The number of hydrogen-bond acceptors (Lipinski definition) is 3. The number of alkyl halides is 3. The third-order valence-electron chi connectivity index (χ3n) is 3.29. The van der Waals surface area contributed by atoms with Crippen LogP contribution in [0.25, 0.3) is 16.3 Å². The Morgan fingerprint density at radius 1 is 1.12 bits per heavy atom. The van der Waals surface area contributed by atoms with E-state index in [1.54, 1.807) is 0 Å². The molecule has 3 aromatic rings. The van der Waals surface area contributed by atoms with Crippen LogP contribution in [0.15, 0.2) is 34.8 Å². The van der Waals surface area contributed by atoms with Gasteiger partial charge in [0.1, 0.15) is 11.5 Å². The second-order valence-corrected chi connectivity index (χ2v) is 7.74.